The highest BCUT2D eigenvalue weighted by Gasteiger charge is 2.30. The Hall–Kier alpha value is -0.900. The number of aromatic nitrogens is 2. The molecule has 0 aliphatic heterocycles. The highest BCUT2D eigenvalue weighted by atomic mass is 79.9. The quantitative estimate of drug-likeness (QED) is 0.887. The fourth-order valence-corrected chi connectivity index (χ4v) is 2.39. The topological polar surface area (TPSA) is 28.7 Å². The molecule has 1 heterocycles. The summed E-state index contributed by atoms with van der Waals surface area (Å²) in [6.07, 6.45) is 2.58. The highest BCUT2D eigenvalue weighted by molar-refractivity contribution is 9.10. The van der Waals surface area contributed by atoms with Gasteiger partial charge in [-0.05, 0) is 40.8 Å². The molecular weight excluding hydrogens is 271 g/mol. The fraction of sp³-hybridized carbons (Fsp3) is 0.417. The average Bonchev–Trinajstić information content (AvgIpc) is 3.01. The van der Waals surface area contributed by atoms with E-state index >= 15 is 0 Å². The van der Waals surface area contributed by atoms with Crippen molar-refractivity contribution < 1.29 is 4.39 Å². The van der Waals surface area contributed by atoms with E-state index in [0.717, 1.165) is 22.8 Å². The first-order chi connectivity index (χ1) is 7.65. The third kappa shape index (κ3) is 1.65. The largest absolute Gasteiger partial charge is 0.342 e. The fourth-order valence-electron chi connectivity index (χ4n) is 2.06. The van der Waals surface area contributed by atoms with Crippen molar-refractivity contribution in [2.45, 2.75) is 25.7 Å². The zero-order chi connectivity index (χ0) is 11.3. The lowest BCUT2D eigenvalue weighted by atomic mass is 10.1. The Kier molecular flexibility index (Phi) is 2.28. The Morgan fingerprint density at radius 1 is 1.50 bits per heavy atom. The number of fused-ring (bicyclic) bond motifs is 1. The molecule has 1 saturated carbocycles. The van der Waals surface area contributed by atoms with Crippen LogP contribution < -0.4 is 0 Å². The number of hydrogen-bond acceptors (Lipinski definition) is 1. The van der Waals surface area contributed by atoms with Gasteiger partial charge in [-0.2, -0.15) is 0 Å². The second-order valence-corrected chi connectivity index (χ2v) is 5.39. The van der Waals surface area contributed by atoms with Crippen LogP contribution in [-0.4, -0.2) is 9.97 Å². The van der Waals surface area contributed by atoms with E-state index in [-0.39, 0.29) is 5.82 Å². The van der Waals surface area contributed by atoms with Gasteiger partial charge in [0.25, 0.3) is 0 Å². The molecule has 2 nitrogen and oxygen atoms in total. The zero-order valence-electron chi connectivity index (χ0n) is 8.93. The average molecular weight is 283 g/mol. The smallest absolute Gasteiger partial charge is 0.139 e. The first kappa shape index (κ1) is 10.3. The Morgan fingerprint density at radius 3 is 2.94 bits per heavy atom. The van der Waals surface area contributed by atoms with E-state index in [9.17, 15) is 4.39 Å². The monoisotopic (exact) mass is 282 g/mol. The SMILES string of the molecule is CC(c1nc2cc(Br)c(F)cc2[nH]1)C1CC1. The number of benzene rings is 1. The summed E-state index contributed by atoms with van der Waals surface area (Å²) in [5.41, 5.74) is 1.61. The van der Waals surface area contributed by atoms with Crippen molar-refractivity contribution in [2.24, 2.45) is 5.92 Å². The molecule has 0 radical (unpaired) electrons. The van der Waals surface area contributed by atoms with Crippen LogP contribution in [0.5, 0.6) is 0 Å². The molecule has 0 saturated heterocycles. The standard InChI is InChI=1S/C12H12BrFN2/c1-6(7-2-3-7)12-15-10-4-8(13)9(14)5-11(10)16-12/h4-7H,2-3H2,1H3,(H,15,16). The molecule has 0 spiro atoms. The minimum absolute atomic E-state index is 0.248. The first-order valence-electron chi connectivity index (χ1n) is 5.50. The predicted octanol–water partition coefficient (Wildman–Crippen LogP) is 3.98. The summed E-state index contributed by atoms with van der Waals surface area (Å²) >= 11 is 3.17. The van der Waals surface area contributed by atoms with Crippen molar-refractivity contribution >= 4 is 27.0 Å². The Morgan fingerprint density at radius 2 is 2.25 bits per heavy atom. The Labute approximate surface area is 101 Å². The molecule has 3 rings (SSSR count). The van der Waals surface area contributed by atoms with Crippen molar-refractivity contribution in [1.82, 2.24) is 9.97 Å². The summed E-state index contributed by atoms with van der Waals surface area (Å²) in [4.78, 5) is 7.74. The van der Waals surface area contributed by atoms with Crippen LogP contribution in [0.15, 0.2) is 16.6 Å². The first-order valence-corrected chi connectivity index (χ1v) is 6.29. The molecule has 2 aromatic rings. The number of rotatable bonds is 2. The van der Waals surface area contributed by atoms with E-state index in [1.807, 2.05) is 0 Å². The number of halogens is 2. The molecular formula is C12H12BrFN2. The summed E-state index contributed by atoms with van der Waals surface area (Å²) in [5, 5.41) is 0. The lowest BCUT2D eigenvalue weighted by Gasteiger charge is -2.04. The van der Waals surface area contributed by atoms with E-state index in [1.54, 1.807) is 6.07 Å². The second-order valence-electron chi connectivity index (χ2n) is 4.53. The van der Waals surface area contributed by atoms with Crippen LogP contribution in [0.25, 0.3) is 11.0 Å². The highest BCUT2D eigenvalue weighted by Crippen LogP contribution is 2.41. The molecule has 1 aromatic heterocycles. The number of nitrogens with one attached hydrogen (secondary N) is 1. The van der Waals surface area contributed by atoms with Gasteiger partial charge in [-0.15, -0.1) is 0 Å². The van der Waals surface area contributed by atoms with Gasteiger partial charge < -0.3 is 4.98 Å². The number of H-pyrrole nitrogens is 1. The van der Waals surface area contributed by atoms with Gasteiger partial charge in [0.05, 0.1) is 15.5 Å². The van der Waals surface area contributed by atoms with Crippen LogP contribution in [-0.2, 0) is 0 Å². The molecule has 1 unspecified atom stereocenters. The van der Waals surface area contributed by atoms with E-state index in [2.05, 4.69) is 32.8 Å². The molecule has 1 fully saturated rings. The summed E-state index contributed by atoms with van der Waals surface area (Å²) < 4.78 is 13.8. The van der Waals surface area contributed by atoms with E-state index in [1.165, 1.54) is 18.9 Å². The van der Waals surface area contributed by atoms with Crippen LogP contribution in [0.4, 0.5) is 4.39 Å². The van der Waals surface area contributed by atoms with Gasteiger partial charge in [0.2, 0.25) is 0 Å². The molecule has 1 aliphatic rings. The predicted molar refractivity (Wildman–Crippen MR) is 64.9 cm³/mol. The maximum absolute atomic E-state index is 13.3. The van der Waals surface area contributed by atoms with E-state index in [0.29, 0.717) is 10.4 Å². The van der Waals surface area contributed by atoms with E-state index < -0.39 is 0 Å². The van der Waals surface area contributed by atoms with Crippen LogP contribution in [0.3, 0.4) is 0 Å². The maximum atomic E-state index is 13.3. The van der Waals surface area contributed by atoms with Gasteiger partial charge in [-0.3, -0.25) is 0 Å². The second kappa shape index (κ2) is 3.55. The van der Waals surface area contributed by atoms with E-state index in [4.69, 9.17) is 0 Å². The zero-order valence-corrected chi connectivity index (χ0v) is 10.5. The van der Waals surface area contributed by atoms with Crippen molar-refractivity contribution in [3.8, 4) is 0 Å². The molecule has 1 N–H and O–H groups in total. The van der Waals surface area contributed by atoms with Crippen LogP contribution in [0.2, 0.25) is 0 Å². The molecule has 0 bridgehead atoms. The molecule has 84 valence electrons. The summed E-state index contributed by atoms with van der Waals surface area (Å²) in [6, 6.07) is 3.22. The molecule has 4 heteroatoms. The van der Waals surface area contributed by atoms with Gasteiger partial charge in [0, 0.05) is 12.0 Å². The number of nitrogens with zero attached hydrogens (tertiary/aromatic N) is 1. The van der Waals surface area contributed by atoms with Gasteiger partial charge in [0.1, 0.15) is 11.6 Å². The third-order valence-electron chi connectivity index (χ3n) is 3.30. The lowest BCUT2D eigenvalue weighted by Crippen LogP contribution is -1.97. The number of aromatic amines is 1. The van der Waals surface area contributed by atoms with Crippen LogP contribution in [0.1, 0.15) is 31.5 Å². The van der Waals surface area contributed by atoms with Gasteiger partial charge >= 0.3 is 0 Å². The maximum Gasteiger partial charge on any atom is 0.139 e. The number of hydrogen-bond donors (Lipinski definition) is 1. The molecule has 1 atom stereocenters. The van der Waals surface area contributed by atoms with Crippen molar-refractivity contribution in [3.05, 3.63) is 28.2 Å². The van der Waals surface area contributed by atoms with Crippen molar-refractivity contribution in [3.63, 3.8) is 0 Å². The van der Waals surface area contributed by atoms with Crippen LogP contribution in [0, 0.1) is 11.7 Å². The Balaban J connectivity index is 2.07. The van der Waals surface area contributed by atoms with Gasteiger partial charge in [-0.1, -0.05) is 6.92 Å². The van der Waals surface area contributed by atoms with Gasteiger partial charge in [-0.25, -0.2) is 9.37 Å². The summed E-state index contributed by atoms with van der Waals surface area (Å²) in [6.45, 7) is 2.18. The van der Waals surface area contributed by atoms with Crippen molar-refractivity contribution in [1.29, 1.82) is 0 Å². The lowest BCUT2D eigenvalue weighted by molar-refractivity contribution is 0.622. The van der Waals surface area contributed by atoms with Crippen LogP contribution >= 0.6 is 15.9 Å². The number of imidazole rings is 1. The Bertz CT molecular complexity index is 506. The van der Waals surface area contributed by atoms with Gasteiger partial charge in [0.15, 0.2) is 0 Å². The minimum atomic E-state index is -0.248. The molecule has 0 amide bonds. The summed E-state index contributed by atoms with van der Waals surface area (Å²) in [7, 11) is 0. The molecule has 1 aliphatic carbocycles. The molecule has 1 aromatic carbocycles. The third-order valence-corrected chi connectivity index (χ3v) is 3.91. The normalized spacial score (nSPS) is 17.9. The minimum Gasteiger partial charge on any atom is -0.342 e. The summed E-state index contributed by atoms with van der Waals surface area (Å²) in [5.74, 6) is 1.94. The molecule has 16 heavy (non-hydrogen) atoms. The van der Waals surface area contributed by atoms with Crippen molar-refractivity contribution in [2.75, 3.05) is 0 Å².